The molecule has 0 unspecified atom stereocenters. The molecule has 2 rings (SSSR count). The van der Waals surface area contributed by atoms with Gasteiger partial charge >= 0.3 is 5.69 Å². The van der Waals surface area contributed by atoms with Crippen LogP contribution in [0.1, 0.15) is 0 Å². The third kappa shape index (κ3) is 1.68. The third-order valence-corrected chi connectivity index (χ3v) is 1.99. The largest absolute Gasteiger partial charge is 0.479 e. The number of rotatable bonds is 3. The zero-order chi connectivity index (χ0) is 11.5. The smallest absolute Gasteiger partial charge is 0.326 e. The molecule has 0 aliphatic carbocycles. The van der Waals surface area contributed by atoms with Gasteiger partial charge in [0, 0.05) is 6.20 Å². The molecule has 82 valence electrons. The first-order valence-corrected chi connectivity index (χ1v) is 4.42. The van der Waals surface area contributed by atoms with Crippen LogP contribution in [0.4, 0.5) is 0 Å². The normalized spacial score (nSPS) is 10.0. The van der Waals surface area contributed by atoms with Crippen molar-refractivity contribution in [2.24, 2.45) is 0 Å². The number of nitriles is 1. The summed E-state index contributed by atoms with van der Waals surface area (Å²) in [6.45, 7) is -0.0133. The Morgan fingerprint density at radius 3 is 3.19 bits per heavy atom. The lowest BCUT2D eigenvalue weighted by Gasteiger charge is -1.87. The number of H-pyrrole nitrogens is 1. The van der Waals surface area contributed by atoms with Crippen LogP contribution in [0.3, 0.4) is 0 Å². The van der Waals surface area contributed by atoms with E-state index in [9.17, 15) is 4.79 Å². The molecule has 0 aliphatic heterocycles. The van der Waals surface area contributed by atoms with Crippen molar-refractivity contribution in [1.82, 2.24) is 14.7 Å². The lowest BCUT2D eigenvalue weighted by molar-refractivity contribution is 0.342. The topological polar surface area (TPSA) is 96.8 Å². The van der Waals surface area contributed by atoms with Gasteiger partial charge in [-0.05, 0) is 5.16 Å². The van der Waals surface area contributed by atoms with Gasteiger partial charge in [-0.15, -0.1) is 0 Å². The second-order valence-corrected chi connectivity index (χ2v) is 2.99. The predicted molar refractivity (Wildman–Crippen MR) is 52.7 cm³/mol. The number of hydrogen-bond acceptors (Lipinski definition) is 5. The fraction of sp³-hybridized carbons (Fsp3) is 0.222. The van der Waals surface area contributed by atoms with Crippen LogP contribution >= 0.6 is 0 Å². The molecule has 0 aliphatic rings. The molecule has 0 atom stereocenters. The Morgan fingerprint density at radius 2 is 2.56 bits per heavy atom. The molecule has 0 radical (unpaired) electrons. The standard InChI is InChI=1S/C9H8N4O3/c1-15-8-4-7(16-12-8)6-5-13(3-2-10)9(14)11-6/h4-5H,3H2,1H3,(H,11,14). The van der Waals surface area contributed by atoms with Crippen LogP contribution in [0, 0.1) is 11.3 Å². The van der Waals surface area contributed by atoms with Gasteiger partial charge in [0.1, 0.15) is 12.2 Å². The predicted octanol–water partition coefficient (Wildman–Crippen LogP) is 0.364. The summed E-state index contributed by atoms with van der Waals surface area (Å²) >= 11 is 0. The Hall–Kier alpha value is -2.49. The van der Waals surface area contributed by atoms with Crippen molar-refractivity contribution in [3.8, 4) is 23.4 Å². The first-order chi connectivity index (χ1) is 7.74. The average Bonchev–Trinajstić information content (AvgIpc) is 2.86. The Labute approximate surface area is 89.9 Å². The summed E-state index contributed by atoms with van der Waals surface area (Å²) in [5.41, 5.74) is 0.0861. The minimum absolute atomic E-state index is 0.0133. The van der Waals surface area contributed by atoms with E-state index in [1.165, 1.54) is 17.9 Å². The zero-order valence-corrected chi connectivity index (χ0v) is 8.43. The van der Waals surface area contributed by atoms with Crippen LogP contribution in [-0.4, -0.2) is 21.8 Å². The highest BCUT2D eigenvalue weighted by molar-refractivity contribution is 5.51. The summed E-state index contributed by atoms with van der Waals surface area (Å²) in [5, 5.41) is 12.1. The van der Waals surface area contributed by atoms with Crippen molar-refractivity contribution in [2.45, 2.75) is 6.54 Å². The molecule has 0 saturated heterocycles. The van der Waals surface area contributed by atoms with E-state index in [1.807, 2.05) is 6.07 Å². The molecule has 2 aromatic rings. The van der Waals surface area contributed by atoms with Gasteiger partial charge in [0.2, 0.25) is 0 Å². The minimum Gasteiger partial charge on any atom is -0.479 e. The lowest BCUT2D eigenvalue weighted by atomic mass is 10.3. The molecule has 0 saturated carbocycles. The number of aromatic nitrogens is 3. The number of nitrogens with zero attached hydrogens (tertiary/aromatic N) is 3. The van der Waals surface area contributed by atoms with Gasteiger partial charge < -0.3 is 14.2 Å². The average molecular weight is 220 g/mol. The molecule has 0 aromatic carbocycles. The number of hydrogen-bond donors (Lipinski definition) is 1. The van der Waals surface area contributed by atoms with Crippen LogP contribution in [-0.2, 0) is 6.54 Å². The van der Waals surface area contributed by atoms with E-state index in [0.717, 1.165) is 0 Å². The van der Waals surface area contributed by atoms with Crippen molar-refractivity contribution < 1.29 is 9.26 Å². The molecule has 0 spiro atoms. The summed E-state index contributed by atoms with van der Waals surface area (Å²) < 4.78 is 11.0. The monoisotopic (exact) mass is 220 g/mol. The molecule has 2 aromatic heterocycles. The van der Waals surface area contributed by atoms with E-state index in [0.29, 0.717) is 17.3 Å². The van der Waals surface area contributed by atoms with Gasteiger partial charge in [0.15, 0.2) is 5.76 Å². The van der Waals surface area contributed by atoms with Crippen molar-refractivity contribution in [2.75, 3.05) is 7.11 Å². The molecular weight excluding hydrogens is 212 g/mol. The molecule has 1 N–H and O–H groups in total. The van der Waals surface area contributed by atoms with Crippen molar-refractivity contribution in [3.63, 3.8) is 0 Å². The summed E-state index contributed by atoms with van der Waals surface area (Å²) in [6.07, 6.45) is 1.49. The first-order valence-electron chi connectivity index (χ1n) is 4.42. The summed E-state index contributed by atoms with van der Waals surface area (Å²) in [6, 6.07) is 3.42. The van der Waals surface area contributed by atoms with E-state index in [1.54, 1.807) is 6.07 Å². The highest BCUT2D eigenvalue weighted by Gasteiger charge is 2.10. The number of imidazole rings is 1. The summed E-state index contributed by atoms with van der Waals surface area (Å²) in [4.78, 5) is 13.9. The summed E-state index contributed by atoms with van der Waals surface area (Å²) in [7, 11) is 1.46. The van der Waals surface area contributed by atoms with Crippen LogP contribution in [0.2, 0.25) is 0 Å². The molecule has 0 bridgehead atoms. The second kappa shape index (κ2) is 3.94. The van der Waals surface area contributed by atoms with E-state index in [-0.39, 0.29) is 12.2 Å². The maximum atomic E-state index is 11.3. The van der Waals surface area contributed by atoms with Gasteiger partial charge in [0.05, 0.1) is 19.2 Å². The number of methoxy groups -OCH3 is 1. The number of ether oxygens (including phenoxy) is 1. The van der Waals surface area contributed by atoms with E-state index < -0.39 is 0 Å². The molecule has 7 nitrogen and oxygen atoms in total. The molecule has 0 amide bonds. The van der Waals surface area contributed by atoms with Crippen molar-refractivity contribution in [3.05, 3.63) is 22.7 Å². The number of aromatic amines is 1. The van der Waals surface area contributed by atoms with Crippen LogP contribution < -0.4 is 10.4 Å². The Kier molecular flexibility index (Phi) is 2.47. The molecular formula is C9H8N4O3. The van der Waals surface area contributed by atoms with Crippen LogP contribution in [0.15, 0.2) is 21.6 Å². The Bertz CT molecular complexity index is 586. The van der Waals surface area contributed by atoms with Crippen LogP contribution in [0.5, 0.6) is 5.88 Å². The fourth-order valence-electron chi connectivity index (χ4n) is 1.23. The lowest BCUT2D eigenvalue weighted by Crippen LogP contribution is -2.15. The number of nitrogens with one attached hydrogen (secondary N) is 1. The Balaban J connectivity index is 2.38. The molecule has 16 heavy (non-hydrogen) atoms. The van der Waals surface area contributed by atoms with E-state index in [2.05, 4.69) is 10.1 Å². The van der Waals surface area contributed by atoms with Gasteiger partial charge in [-0.3, -0.25) is 4.57 Å². The van der Waals surface area contributed by atoms with Gasteiger partial charge in [-0.25, -0.2) is 4.79 Å². The highest BCUT2D eigenvalue weighted by atomic mass is 16.5. The summed E-state index contributed by atoms with van der Waals surface area (Å²) in [5.74, 6) is 0.703. The van der Waals surface area contributed by atoms with E-state index >= 15 is 0 Å². The quantitative estimate of drug-likeness (QED) is 0.805. The molecule has 7 heteroatoms. The maximum Gasteiger partial charge on any atom is 0.326 e. The van der Waals surface area contributed by atoms with Gasteiger partial charge in [-0.1, -0.05) is 0 Å². The van der Waals surface area contributed by atoms with Gasteiger partial charge in [0.25, 0.3) is 5.88 Å². The fourth-order valence-corrected chi connectivity index (χ4v) is 1.23. The highest BCUT2D eigenvalue weighted by Crippen LogP contribution is 2.20. The van der Waals surface area contributed by atoms with Crippen LogP contribution in [0.25, 0.3) is 11.5 Å². The Morgan fingerprint density at radius 1 is 1.75 bits per heavy atom. The SMILES string of the molecule is COc1cc(-c2cn(CC#N)c(=O)[nH]2)on1. The van der Waals surface area contributed by atoms with Gasteiger partial charge in [-0.2, -0.15) is 5.26 Å². The first kappa shape index (κ1) is 10.0. The maximum absolute atomic E-state index is 11.3. The van der Waals surface area contributed by atoms with Crippen molar-refractivity contribution >= 4 is 0 Å². The van der Waals surface area contributed by atoms with Crippen molar-refractivity contribution in [1.29, 1.82) is 5.26 Å². The minimum atomic E-state index is -0.369. The molecule has 2 heterocycles. The zero-order valence-electron chi connectivity index (χ0n) is 8.43. The third-order valence-electron chi connectivity index (χ3n) is 1.99. The van der Waals surface area contributed by atoms with E-state index in [4.69, 9.17) is 14.5 Å². The molecule has 0 fully saturated rings. The second-order valence-electron chi connectivity index (χ2n) is 2.99.